The normalized spacial score (nSPS) is 11.1. The lowest BCUT2D eigenvalue weighted by molar-refractivity contribution is 0.0598. The number of hydrogen-bond donors (Lipinski definition) is 0. The van der Waals surface area contributed by atoms with Crippen molar-refractivity contribution in [1.29, 1.82) is 0 Å². The van der Waals surface area contributed by atoms with Gasteiger partial charge in [0.25, 0.3) is 0 Å². The fourth-order valence-electron chi connectivity index (χ4n) is 1.90. The lowest BCUT2D eigenvalue weighted by atomic mass is 10.2. The number of ether oxygens (including phenoxy) is 1. The van der Waals surface area contributed by atoms with Crippen LogP contribution in [0.3, 0.4) is 0 Å². The zero-order valence-electron chi connectivity index (χ0n) is 13.1. The molecule has 0 saturated heterocycles. The first kappa shape index (κ1) is 16.7. The van der Waals surface area contributed by atoms with Gasteiger partial charge >= 0.3 is 6.09 Å². The molecular formula is C17H19IN2O2. The lowest BCUT2D eigenvalue weighted by Gasteiger charge is -2.27. The molecule has 0 spiro atoms. The summed E-state index contributed by atoms with van der Waals surface area (Å²) in [5.41, 5.74) is 1.20. The molecule has 5 heteroatoms. The molecule has 0 bridgehead atoms. The molecule has 2 rings (SSSR count). The molecule has 1 amide bonds. The van der Waals surface area contributed by atoms with Crippen LogP contribution < -0.4 is 4.90 Å². The third kappa shape index (κ3) is 4.43. The number of pyridine rings is 1. The van der Waals surface area contributed by atoms with Gasteiger partial charge in [0, 0.05) is 9.77 Å². The number of hydrogen-bond acceptors (Lipinski definition) is 3. The number of halogens is 1. The van der Waals surface area contributed by atoms with E-state index in [1.54, 1.807) is 6.20 Å². The molecule has 0 unspecified atom stereocenters. The van der Waals surface area contributed by atoms with Crippen molar-refractivity contribution in [3.8, 4) is 0 Å². The average Bonchev–Trinajstić information content (AvgIpc) is 2.37. The van der Waals surface area contributed by atoms with E-state index in [-0.39, 0.29) is 0 Å². The number of amides is 1. The first-order chi connectivity index (χ1) is 10.3. The maximum absolute atomic E-state index is 12.6. The summed E-state index contributed by atoms with van der Waals surface area (Å²) in [5, 5.41) is 0. The Hall–Kier alpha value is -1.63. The van der Waals surface area contributed by atoms with E-state index in [1.807, 2.05) is 64.1 Å². The fraction of sp³-hybridized carbons (Fsp3) is 0.294. The minimum absolute atomic E-state index is 0.437. The first-order valence-corrected chi connectivity index (χ1v) is 8.05. The summed E-state index contributed by atoms with van der Waals surface area (Å²) in [5.74, 6) is 0.552. The standard InChI is InChI=1S/C17H19IN2O2/c1-12-8-9-19-15(10-12)20(16(21)22-17(2,3)4)14-7-5-6-13(18)11-14/h5-11H,1-4H3. The van der Waals surface area contributed by atoms with Crippen LogP contribution in [0.1, 0.15) is 26.3 Å². The van der Waals surface area contributed by atoms with Crippen molar-refractivity contribution in [2.75, 3.05) is 4.90 Å². The van der Waals surface area contributed by atoms with Gasteiger partial charge in [0.15, 0.2) is 0 Å². The first-order valence-electron chi connectivity index (χ1n) is 6.97. The average molecular weight is 410 g/mol. The maximum Gasteiger partial charge on any atom is 0.420 e. The smallest absolute Gasteiger partial charge is 0.420 e. The van der Waals surface area contributed by atoms with Crippen molar-refractivity contribution in [3.05, 3.63) is 51.7 Å². The van der Waals surface area contributed by atoms with Gasteiger partial charge in [-0.25, -0.2) is 14.7 Å². The van der Waals surface area contributed by atoms with E-state index < -0.39 is 11.7 Å². The van der Waals surface area contributed by atoms with Gasteiger partial charge in [0.2, 0.25) is 0 Å². The van der Waals surface area contributed by atoms with E-state index in [4.69, 9.17) is 4.74 Å². The molecule has 0 aliphatic carbocycles. The zero-order valence-corrected chi connectivity index (χ0v) is 15.3. The summed E-state index contributed by atoms with van der Waals surface area (Å²) in [4.78, 5) is 18.5. The van der Waals surface area contributed by atoms with E-state index in [0.29, 0.717) is 5.82 Å². The number of carbonyl (C=O) groups excluding carboxylic acids is 1. The second-order valence-electron chi connectivity index (χ2n) is 5.99. The molecule has 0 atom stereocenters. The van der Waals surface area contributed by atoms with Gasteiger partial charge in [0.1, 0.15) is 11.4 Å². The van der Waals surface area contributed by atoms with Crippen molar-refractivity contribution < 1.29 is 9.53 Å². The van der Waals surface area contributed by atoms with Crippen molar-refractivity contribution in [2.45, 2.75) is 33.3 Å². The monoisotopic (exact) mass is 410 g/mol. The van der Waals surface area contributed by atoms with Crippen LogP contribution in [0, 0.1) is 10.5 Å². The Morgan fingerprint density at radius 2 is 1.95 bits per heavy atom. The van der Waals surface area contributed by atoms with Crippen molar-refractivity contribution in [3.63, 3.8) is 0 Å². The van der Waals surface area contributed by atoms with E-state index in [2.05, 4.69) is 27.6 Å². The lowest BCUT2D eigenvalue weighted by Crippen LogP contribution is -2.34. The van der Waals surface area contributed by atoms with Gasteiger partial charge in [-0.05, 0) is 86.2 Å². The number of carbonyl (C=O) groups is 1. The third-order valence-electron chi connectivity index (χ3n) is 2.77. The van der Waals surface area contributed by atoms with E-state index in [1.165, 1.54) is 4.90 Å². The Balaban J connectivity index is 2.47. The molecule has 1 aromatic carbocycles. The molecule has 22 heavy (non-hydrogen) atoms. The summed E-state index contributed by atoms with van der Waals surface area (Å²) >= 11 is 2.22. The fourth-order valence-corrected chi connectivity index (χ4v) is 2.42. The van der Waals surface area contributed by atoms with Gasteiger partial charge in [-0.1, -0.05) is 6.07 Å². The highest BCUT2D eigenvalue weighted by molar-refractivity contribution is 14.1. The number of benzene rings is 1. The molecule has 2 aromatic rings. The van der Waals surface area contributed by atoms with Crippen LogP contribution in [0.4, 0.5) is 16.3 Å². The van der Waals surface area contributed by atoms with Crippen molar-refractivity contribution in [2.24, 2.45) is 0 Å². The predicted molar refractivity (Wildman–Crippen MR) is 96.5 cm³/mol. The molecule has 4 nitrogen and oxygen atoms in total. The highest BCUT2D eigenvalue weighted by atomic mass is 127. The molecule has 1 heterocycles. The molecule has 0 saturated carbocycles. The number of nitrogens with zero attached hydrogens (tertiary/aromatic N) is 2. The van der Waals surface area contributed by atoms with Gasteiger partial charge in [-0.2, -0.15) is 0 Å². The zero-order chi connectivity index (χ0) is 16.3. The van der Waals surface area contributed by atoms with Gasteiger partial charge in [0.05, 0.1) is 5.69 Å². The van der Waals surface area contributed by atoms with Crippen LogP contribution in [-0.2, 0) is 4.74 Å². The van der Waals surface area contributed by atoms with Crippen LogP contribution in [0.25, 0.3) is 0 Å². The van der Waals surface area contributed by atoms with E-state index in [0.717, 1.165) is 14.8 Å². The molecule has 0 aliphatic rings. The predicted octanol–water partition coefficient (Wildman–Crippen LogP) is 5.07. The SMILES string of the molecule is Cc1ccnc(N(C(=O)OC(C)(C)C)c2cccc(I)c2)c1. The maximum atomic E-state index is 12.6. The molecular weight excluding hydrogens is 391 g/mol. The number of anilines is 2. The number of rotatable bonds is 2. The Labute approximate surface area is 144 Å². The quantitative estimate of drug-likeness (QED) is 0.650. The Morgan fingerprint density at radius 1 is 1.23 bits per heavy atom. The van der Waals surface area contributed by atoms with Gasteiger partial charge in [-0.3, -0.25) is 0 Å². The third-order valence-corrected chi connectivity index (χ3v) is 3.44. The summed E-state index contributed by atoms with van der Waals surface area (Å²) < 4.78 is 6.57. The molecule has 0 radical (unpaired) electrons. The summed E-state index contributed by atoms with van der Waals surface area (Å²) in [6, 6.07) is 11.4. The Kier molecular flexibility index (Phi) is 5.05. The van der Waals surface area contributed by atoms with Crippen molar-refractivity contribution >= 4 is 40.2 Å². The van der Waals surface area contributed by atoms with Crippen LogP contribution in [0.5, 0.6) is 0 Å². The van der Waals surface area contributed by atoms with Crippen LogP contribution in [0.2, 0.25) is 0 Å². The Morgan fingerprint density at radius 3 is 2.55 bits per heavy atom. The highest BCUT2D eigenvalue weighted by Gasteiger charge is 2.25. The number of aryl methyl sites for hydroxylation is 1. The van der Waals surface area contributed by atoms with Crippen LogP contribution in [0.15, 0.2) is 42.6 Å². The molecule has 116 valence electrons. The van der Waals surface area contributed by atoms with Gasteiger partial charge in [-0.15, -0.1) is 0 Å². The molecule has 0 fully saturated rings. The van der Waals surface area contributed by atoms with Crippen LogP contribution in [-0.4, -0.2) is 16.7 Å². The highest BCUT2D eigenvalue weighted by Crippen LogP contribution is 2.27. The van der Waals surface area contributed by atoms with Gasteiger partial charge < -0.3 is 4.74 Å². The topological polar surface area (TPSA) is 42.4 Å². The van der Waals surface area contributed by atoms with E-state index >= 15 is 0 Å². The summed E-state index contributed by atoms with van der Waals surface area (Å²) in [7, 11) is 0. The summed E-state index contributed by atoms with van der Waals surface area (Å²) in [6.07, 6.45) is 1.25. The number of aromatic nitrogens is 1. The minimum Gasteiger partial charge on any atom is -0.443 e. The Bertz CT molecular complexity index is 635. The minimum atomic E-state index is -0.568. The second-order valence-corrected chi connectivity index (χ2v) is 7.23. The second kappa shape index (κ2) is 6.64. The summed E-state index contributed by atoms with van der Waals surface area (Å²) in [6.45, 7) is 7.51. The van der Waals surface area contributed by atoms with Crippen LogP contribution >= 0.6 is 22.6 Å². The largest absolute Gasteiger partial charge is 0.443 e. The van der Waals surface area contributed by atoms with Crippen molar-refractivity contribution in [1.82, 2.24) is 4.98 Å². The molecule has 0 N–H and O–H groups in total. The molecule has 1 aromatic heterocycles. The van der Waals surface area contributed by atoms with E-state index in [9.17, 15) is 4.79 Å². The molecule has 0 aliphatic heterocycles.